The van der Waals surface area contributed by atoms with Crippen LogP contribution in [0.2, 0.25) is 0 Å². The number of hydrogen-bond donors (Lipinski definition) is 0. The van der Waals surface area contributed by atoms with Crippen molar-refractivity contribution in [3.63, 3.8) is 0 Å². The Kier molecular flexibility index (Phi) is 1.19. The van der Waals surface area contributed by atoms with E-state index < -0.39 is 5.97 Å². The lowest BCUT2D eigenvalue weighted by Crippen LogP contribution is -2.18. The summed E-state index contributed by atoms with van der Waals surface area (Å²) in [5.41, 5.74) is 0. The molecule has 0 N–H and O–H groups in total. The van der Waals surface area contributed by atoms with Gasteiger partial charge in [0.15, 0.2) is 0 Å². The zero-order chi connectivity index (χ0) is 4.28. The van der Waals surface area contributed by atoms with Gasteiger partial charge in [0.25, 0.3) is 6.08 Å². The van der Waals surface area contributed by atoms with Crippen molar-refractivity contribution in [1.29, 1.82) is 0 Å². The molecule has 5 heavy (non-hydrogen) atoms. The van der Waals surface area contributed by atoms with Crippen molar-refractivity contribution in [2.75, 3.05) is 0 Å². The third kappa shape index (κ3) is 3.12. The summed E-state index contributed by atoms with van der Waals surface area (Å²) in [7, 11) is 0. The standard InChI is InChI=1S/C3H2O2/c1-2-3(4)5/h1H2. The summed E-state index contributed by atoms with van der Waals surface area (Å²) < 4.78 is 0. The van der Waals surface area contributed by atoms with Crippen molar-refractivity contribution in [3.05, 3.63) is 12.7 Å². The lowest BCUT2D eigenvalue weighted by Gasteiger charge is -1.62. The largest absolute Gasteiger partial charge is 0.500 e. The number of carbonyl (C=O) groups is 1. The fraction of sp³-hybridized carbons (Fsp3) is 0. The molecule has 0 fully saturated rings. The van der Waals surface area contributed by atoms with Crippen LogP contribution in [0, 0.1) is 6.08 Å². The van der Waals surface area contributed by atoms with Crippen molar-refractivity contribution in [2.24, 2.45) is 0 Å². The van der Waals surface area contributed by atoms with Gasteiger partial charge in [-0.1, -0.05) is 0 Å². The summed E-state index contributed by atoms with van der Waals surface area (Å²) in [5, 5.41) is 9.08. The lowest BCUT2D eigenvalue weighted by atomic mass is 10.7. The number of carboxylic acids is 1. The molecule has 0 rings (SSSR count). The predicted octanol–water partition coefficient (Wildman–Crippen LogP) is -1.27. The van der Waals surface area contributed by atoms with E-state index in [1.807, 2.05) is 0 Å². The molecule has 0 aromatic carbocycles. The molecule has 0 saturated carbocycles. The van der Waals surface area contributed by atoms with E-state index in [1.165, 1.54) is 0 Å². The van der Waals surface area contributed by atoms with Gasteiger partial charge in [-0.3, -0.25) is 0 Å². The second-order valence-corrected chi connectivity index (χ2v) is 0.464. The van der Waals surface area contributed by atoms with Crippen molar-refractivity contribution in [1.82, 2.24) is 0 Å². The van der Waals surface area contributed by atoms with E-state index in [0.29, 0.717) is 0 Å². The minimum absolute atomic E-state index is 1.36. The molecule has 0 spiro atoms. The van der Waals surface area contributed by atoms with Gasteiger partial charge in [0.1, 0.15) is 6.58 Å². The highest BCUT2D eigenvalue weighted by molar-refractivity contribution is 5.72. The van der Waals surface area contributed by atoms with Crippen molar-refractivity contribution in [3.8, 4) is 0 Å². The van der Waals surface area contributed by atoms with Crippen LogP contribution in [0.1, 0.15) is 0 Å². The zero-order valence-electron chi connectivity index (χ0n) is 2.52. The van der Waals surface area contributed by atoms with E-state index in [2.05, 4.69) is 6.58 Å². The van der Waals surface area contributed by atoms with Gasteiger partial charge in [-0.15, -0.1) is 0 Å². The molecule has 0 unspecified atom stereocenters. The smallest absolute Gasteiger partial charge is 0.338 e. The quantitative estimate of drug-likeness (QED) is 0.285. The van der Waals surface area contributed by atoms with E-state index in [-0.39, 0.29) is 0 Å². The number of hydrogen-bond acceptors (Lipinski definition) is 2. The molecular weight excluding hydrogens is 68.0 g/mol. The highest BCUT2D eigenvalue weighted by Gasteiger charge is 1.81. The zero-order valence-corrected chi connectivity index (χ0v) is 2.52. The van der Waals surface area contributed by atoms with Crippen LogP contribution in [0.4, 0.5) is 0 Å². The first kappa shape index (κ1) is 4.12. The minimum Gasteiger partial charge on any atom is -0.500 e. The Hall–Kier alpha value is -0.880. The fourth-order valence-electron chi connectivity index (χ4n) is 0. The van der Waals surface area contributed by atoms with Gasteiger partial charge in [-0.2, -0.15) is 0 Å². The van der Waals surface area contributed by atoms with Crippen LogP contribution >= 0.6 is 0 Å². The molecule has 26 valence electrons. The van der Waals surface area contributed by atoms with Crippen LogP contribution in [0.5, 0.6) is 0 Å². The van der Waals surface area contributed by atoms with Crippen LogP contribution < -0.4 is 5.11 Å². The molecule has 0 aliphatic carbocycles. The summed E-state index contributed by atoms with van der Waals surface area (Å²) in [4.78, 5) is 9.08. The average molecular weight is 70.0 g/mol. The third-order valence-corrected chi connectivity index (χ3v) is 0.144. The Morgan fingerprint density at radius 2 is 2.20 bits per heavy atom. The second-order valence-electron chi connectivity index (χ2n) is 0.464. The van der Waals surface area contributed by atoms with E-state index in [4.69, 9.17) is 9.90 Å². The van der Waals surface area contributed by atoms with Crippen LogP contribution in [0.25, 0.3) is 0 Å². The SMILES string of the molecule is C=[C+]C(=O)[O-]. The maximum Gasteiger partial charge on any atom is 0.338 e. The summed E-state index contributed by atoms with van der Waals surface area (Å²) in [6.45, 7) is 2.77. The summed E-state index contributed by atoms with van der Waals surface area (Å²) in [6, 6.07) is 0. The minimum atomic E-state index is -1.36. The van der Waals surface area contributed by atoms with Crippen LogP contribution in [0.15, 0.2) is 6.58 Å². The molecule has 0 aromatic heterocycles. The Morgan fingerprint density at radius 3 is 2.20 bits per heavy atom. The molecule has 0 bridgehead atoms. The molecule has 0 heterocycles. The van der Waals surface area contributed by atoms with Gasteiger partial charge >= 0.3 is 5.97 Å². The normalized spacial score (nSPS) is 5.60. The molecule has 2 heteroatoms. The number of rotatable bonds is 1. The molecule has 2 nitrogen and oxygen atoms in total. The first-order valence-electron chi connectivity index (χ1n) is 1.01. The van der Waals surface area contributed by atoms with Crippen LogP contribution in [-0.2, 0) is 4.79 Å². The first-order chi connectivity index (χ1) is 2.27. The van der Waals surface area contributed by atoms with Gasteiger partial charge in [0, 0.05) is 0 Å². The Morgan fingerprint density at radius 1 is 2.00 bits per heavy atom. The number of carbonyl (C=O) groups excluding carboxylic acids is 1. The fourth-order valence-corrected chi connectivity index (χ4v) is 0. The Bertz CT molecular complexity index is 55.9. The number of carboxylic acid groups (broad SMARTS) is 1. The Labute approximate surface area is 29.7 Å². The maximum absolute atomic E-state index is 9.08. The van der Waals surface area contributed by atoms with E-state index in [0.717, 1.165) is 0 Å². The average Bonchev–Trinajstić information content (AvgIpc) is 1.38. The molecule has 0 amide bonds. The van der Waals surface area contributed by atoms with Crippen LogP contribution in [-0.4, -0.2) is 5.97 Å². The first-order valence-corrected chi connectivity index (χ1v) is 1.01. The topological polar surface area (TPSA) is 40.1 Å². The van der Waals surface area contributed by atoms with Gasteiger partial charge < -0.3 is 9.90 Å². The van der Waals surface area contributed by atoms with E-state index in [9.17, 15) is 0 Å². The molecular formula is C3H2O2. The third-order valence-electron chi connectivity index (χ3n) is 0.144. The lowest BCUT2D eigenvalue weighted by molar-refractivity contribution is -0.298. The summed E-state index contributed by atoms with van der Waals surface area (Å²) in [6.07, 6.45) is 1.58. The molecule has 0 saturated heterocycles. The molecule has 0 aliphatic heterocycles. The monoisotopic (exact) mass is 70.0 g/mol. The number of aliphatic carboxylic acids is 1. The molecule has 0 aliphatic rings. The van der Waals surface area contributed by atoms with Crippen LogP contribution in [0.3, 0.4) is 0 Å². The summed E-state index contributed by atoms with van der Waals surface area (Å²) in [5.74, 6) is -1.36. The Balaban J connectivity index is 3.20. The van der Waals surface area contributed by atoms with E-state index in [1.54, 1.807) is 6.08 Å². The highest BCUT2D eigenvalue weighted by Crippen LogP contribution is 1.44. The molecule has 0 aromatic rings. The predicted molar refractivity (Wildman–Crippen MR) is 13.9 cm³/mol. The van der Waals surface area contributed by atoms with Crippen molar-refractivity contribution in [2.45, 2.75) is 0 Å². The maximum atomic E-state index is 9.08. The molecule has 0 radical (unpaired) electrons. The van der Waals surface area contributed by atoms with Gasteiger partial charge in [-0.05, 0) is 0 Å². The van der Waals surface area contributed by atoms with Gasteiger partial charge in [0.05, 0.1) is 0 Å². The second kappa shape index (κ2) is 1.44. The molecule has 0 atom stereocenters. The van der Waals surface area contributed by atoms with Gasteiger partial charge in [0.2, 0.25) is 0 Å². The van der Waals surface area contributed by atoms with Crippen molar-refractivity contribution < 1.29 is 9.90 Å². The summed E-state index contributed by atoms with van der Waals surface area (Å²) >= 11 is 0. The van der Waals surface area contributed by atoms with Crippen molar-refractivity contribution >= 4 is 5.97 Å². The van der Waals surface area contributed by atoms with E-state index >= 15 is 0 Å². The highest BCUT2D eigenvalue weighted by atomic mass is 16.4. The van der Waals surface area contributed by atoms with Gasteiger partial charge in [-0.25, -0.2) is 0 Å².